The first-order valence-electron chi connectivity index (χ1n) is 10.9. The molecule has 0 saturated carbocycles. The molecule has 172 valence electrons. The van der Waals surface area contributed by atoms with Crippen molar-refractivity contribution in [1.29, 1.82) is 0 Å². The van der Waals surface area contributed by atoms with Crippen molar-refractivity contribution in [3.63, 3.8) is 0 Å². The summed E-state index contributed by atoms with van der Waals surface area (Å²) in [5.74, 6) is 0. The Morgan fingerprint density at radius 3 is 2.64 bits per heavy atom. The number of aliphatic hydroxyl groups is 1. The van der Waals surface area contributed by atoms with E-state index in [1.807, 2.05) is 23.9 Å². The Balaban J connectivity index is 1.26. The average Bonchev–Trinajstić information content (AvgIpc) is 3.35. The summed E-state index contributed by atoms with van der Waals surface area (Å²) in [6.45, 7) is 2.23. The molecule has 1 aliphatic heterocycles. The molecule has 33 heavy (non-hydrogen) atoms. The molecule has 0 aliphatic carbocycles. The van der Waals surface area contributed by atoms with Crippen LogP contribution in [0.3, 0.4) is 0 Å². The van der Waals surface area contributed by atoms with Crippen LogP contribution >= 0.6 is 11.6 Å². The van der Waals surface area contributed by atoms with Crippen LogP contribution in [-0.2, 0) is 27.1 Å². The first kappa shape index (κ1) is 21.8. The highest BCUT2D eigenvalue weighted by molar-refractivity contribution is 6.31. The van der Waals surface area contributed by atoms with Gasteiger partial charge in [0, 0.05) is 56.9 Å². The highest BCUT2D eigenvalue weighted by Crippen LogP contribution is 2.31. The number of likely N-dealkylation sites (tertiary alicyclic amines) is 1. The van der Waals surface area contributed by atoms with Crippen LogP contribution < -0.4 is 5.56 Å². The third-order valence-electron chi connectivity index (χ3n) is 6.59. The van der Waals surface area contributed by atoms with Crippen LogP contribution in [0.15, 0.2) is 41.6 Å². The summed E-state index contributed by atoms with van der Waals surface area (Å²) in [6.07, 6.45) is 4.80. The lowest BCUT2D eigenvalue weighted by Gasteiger charge is -2.38. The molecule has 1 saturated heterocycles. The maximum atomic E-state index is 12.0. The second-order valence-corrected chi connectivity index (χ2v) is 9.23. The molecule has 0 atom stereocenters. The third-order valence-corrected chi connectivity index (χ3v) is 6.94. The number of nitrogens with zero attached hydrogens (tertiary/aromatic N) is 6. The second kappa shape index (κ2) is 8.40. The number of nitrogens with one attached hydrogen (secondary N) is 1. The smallest absolute Gasteiger partial charge is 0.279 e. The molecule has 1 aromatic carbocycles. The molecule has 0 amide bonds. The van der Waals surface area contributed by atoms with Crippen molar-refractivity contribution in [1.82, 2.24) is 34.4 Å². The van der Waals surface area contributed by atoms with E-state index in [9.17, 15) is 9.90 Å². The molecule has 0 spiro atoms. The first-order valence-corrected chi connectivity index (χ1v) is 11.3. The normalized spacial score (nSPS) is 16.5. The van der Waals surface area contributed by atoms with E-state index in [-0.39, 0.29) is 5.56 Å². The molecule has 4 heterocycles. The summed E-state index contributed by atoms with van der Waals surface area (Å²) in [5.41, 5.74) is 3.62. The van der Waals surface area contributed by atoms with Gasteiger partial charge < -0.3 is 10.1 Å². The summed E-state index contributed by atoms with van der Waals surface area (Å²) in [5, 5.41) is 20.5. The van der Waals surface area contributed by atoms with Crippen LogP contribution in [0, 0.1) is 0 Å². The van der Waals surface area contributed by atoms with E-state index >= 15 is 0 Å². The van der Waals surface area contributed by atoms with Crippen LogP contribution in [0.5, 0.6) is 0 Å². The molecule has 0 bridgehead atoms. The topological polar surface area (TPSA) is 105 Å². The molecule has 2 N–H and O–H groups in total. The lowest BCUT2D eigenvalue weighted by atomic mass is 9.86. The number of fused-ring (bicyclic) bond motifs is 1. The Kier molecular flexibility index (Phi) is 5.55. The van der Waals surface area contributed by atoms with Crippen LogP contribution in [0.1, 0.15) is 24.1 Å². The molecule has 5 rings (SSSR count). The predicted octanol–water partition coefficient (Wildman–Crippen LogP) is 2.28. The maximum absolute atomic E-state index is 12.0. The second-order valence-electron chi connectivity index (χ2n) is 8.82. The van der Waals surface area contributed by atoms with Gasteiger partial charge in [0.25, 0.3) is 5.56 Å². The van der Waals surface area contributed by atoms with Crippen LogP contribution in [0.2, 0.25) is 5.02 Å². The van der Waals surface area contributed by atoms with E-state index in [1.165, 1.54) is 6.33 Å². The standard InChI is InChI=1S/C23H26ClN7O2/c1-29-18(5-8-27-29)15-3-4-16(17(24)11-15)13-31-9-6-23(33,7-10-31)12-19-20-21(28-30(19)2)22(32)26-14-25-20/h3-5,8,11,14,33H,6-7,9-10,12-13H2,1-2H3,(H,25,26,32). The molecule has 1 aliphatic rings. The summed E-state index contributed by atoms with van der Waals surface area (Å²) >= 11 is 6.60. The Labute approximate surface area is 195 Å². The number of benzene rings is 1. The SMILES string of the molecule is Cn1nccc1-c1ccc(CN2CCC(O)(Cc3c4nc[nH]c(=O)c4nn3C)CC2)c(Cl)c1. The van der Waals surface area contributed by atoms with Crippen molar-refractivity contribution >= 4 is 22.6 Å². The van der Waals surface area contributed by atoms with Gasteiger partial charge in [-0.05, 0) is 30.5 Å². The molecular weight excluding hydrogens is 442 g/mol. The molecule has 3 aromatic heterocycles. The summed E-state index contributed by atoms with van der Waals surface area (Å²) in [7, 11) is 3.70. The Morgan fingerprint density at radius 1 is 1.15 bits per heavy atom. The third kappa shape index (κ3) is 4.19. The minimum atomic E-state index is -0.866. The number of H-pyrrole nitrogens is 1. The predicted molar refractivity (Wildman–Crippen MR) is 126 cm³/mol. The monoisotopic (exact) mass is 467 g/mol. The maximum Gasteiger partial charge on any atom is 0.279 e. The molecule has 10 heteroatoms. The number of aromatic nitrogens is 6. The van der Waals surface area contributed by atoms with Gasteiger partial charge in [-0.2, -0.15) is 10.2 Å². The van der Waals surface area contributed by atoms with Gasteiger partial charge in [0.2, 0.25) is 0 Å². The molecule has 4 aromatic rings. The number of aromatic amines is 1. The van der Waals surface area contributed by atoms with Gasteiger partial charge in [-0.3, -0.25) is 19.1 Å². The van der Waals surface area contributed by atoms with E-state index in [0.29, 0.717) is 30.3 Å². The van der Waals surface area contributed by atoms with E-state index in [4.69, 9.17) is 11.6 Å². The van der Waals surface area contributed by atoms with Gasteiger partial charge in [0.15, 0.2) is 5.52 Å². The fourth-order valence-electron chi connectivity index (χ4n) is 4.61. The van der Waals surface area contributed by atoms with Crippen LogP contribution in [0.25, 0.3) is 22.3 Å². The summed E-state index contributed by atoms with van der Waals surface area (Å²) in [4.78, 5) is 21.2. The molecule has 0 unspecified atom stereocenters. The summed E-state index contributed by atoms with van der Waals surface area (Å²) in [6, 6.07) is 8.08. The zero-order valence-corrected chi connectivity index (χ0v) is 19.4. The largest absolute Gasteiger partial charge is 0.389 e. The molecular formula is C23H26ClN7O2. The van der Waals surface area contributed by atoms with Crippen molar-refractivity contribution < 1.29 is 5.11 Å². The van der Waals surface area contributed by atoms with Crippen molar-refractivity contribution in [2.45, 2.75) is 31.4 Å². The number of piperidine rings is 1. The van der Waals surface area contributed by atoms with Crippen molar-refractivity contribution in [2.24, 2.45) is 14.1 Å². The Hall–Kier alpha value is -3.01. The van der Waals surface area contributed by atoms with Gasteiger partial charge in [0.1, 0.15) is 5.52 Å². The number of aryl methyl sites for hydroxylation is 2. The zero-order chi connectivity index (χ0) is 23.2. The summed E-state index contributed by atoms with van der Waals surface area (Å²) < 4.78 is 3.48. The van der Waals surface area contributed by atoms with Crippen molar-refractivity contribution in [2.75, 3.05) is 13.1 Å². The number of halogens is 1. The quantitative estimate of drug-likeness (QED) is 0.466. The zero-order valence-electron chi connectivity index (χ0n) is 18.6. The average molecular weight is 468 g/mol. The molecule has 1 fully saturated rings. The first-order chi connectivity index (χ1) is 15.8. The Bertz CT molecular complexity index is 1360. The van der Waals surface area contributed by atoms with Gasteiger partial charge >= 0.3 is 0 Å². The fourth-order valence-corrected chi connectivity index (χ4v) is 4.85. The number of rotatable bonds is 5. The van der Waals surface area contributed by atoms with Gasteiger partial charge in [0.05, 0.1) is 23.3 Å². The minimum Gasteiger partial charge on any atom is -0.389 e. The van der Waals surface area contributed by atoms with E-state index in [2.05, 4.69) is 37.2 Å². The Morgan fingerprint density at radius 2 is 1.94 bits per heavy atom. The molecule has 0 radical (unpaired) electrons. The highest BCUT2D eigenvalue weighted by Gasteiger charge is 2.34. The van der Waals surface area contributed by atoms with E-state index in [1.54, 1.807) is 17.9 Å². The highest BCUT2D eigenvalue weighted by atomic mass is 35.5. The van der Waals surface area contributed by atoms with E-state index in [0.717, 1.165) is 47.2 Å². The minimum absolute atomic E-state index is 0.269. The fraction of sp³-hybridized carbons (Fsp3) is 0.391. The van der Waals surface area contributed by atoms with Crippen molar-refractivity contribution in [3.05, 3.63) is 63.4 Å². The van der Waals surface area contributed by atoms with Gasteiger partial charge in [-0.25, -0.2) is 4.98 Å². The molecule has 9 nitrogen and oxygen atoms in total. The number of hydrogen-bond acceptors (Lipinski definition) is 6. The van der Waals surface area contributed by atoms with E-state index < -0.39 is 5.60 Å². The number of hydrogen-bond donors (Lipinski definition) is 2. The van der Waals surface area contributed by atoms with Crippen LogP contribution in [-0.4, -0.2) is 58.2 Å². The van der Waals surface area contributed by atoms with Gasteiger partial charge in [-0.15, -0.1) is 0 Å². The van der Waals surface area contributed by atoms with Gasteiger partial charge in [-0.1, -0.05) is 23.7 Å². The lowest BCUT2D eigenvalue weighted by molar-refractivity contribution is -0.0235. The van der Waals surface area contributed by atoms with Crippen LogP contribution in [0.4, 0.5) is 0 Å². The lowest BCUT2D eigenvalue weighted by Crippen LogP contribution is -2.45. The van der Waals surface area contributed by atoms with Crippen molar-refractivity contribution in [3.8, 4) is 11.3 Å².